The molecule has 1 N–H and O–H groups in total. The predicted octanol–water partition coefficient (Wildman–Crippen LogP) is 4.31. The molecule has 4 nitrogen and oxygen atoms in total. The highest BCUT2D eigenvalue weighted by Gasteiger charge is 2.54. The molecule has 0 unspecified atom stereocenters. The number of carbonyl (C=O) groups is 1. The summed E-state index contributed by atoms with van der Waals surface area (Å²) >= 11 is 0. The van der Waals surface area contributed by atoms with E-state index in [1.807, 2.05) is 6.07 Å². The van der Waals surface area contributed by atoms with Gasteiger partial charge in [0.25, 0.3) is 0 Å². The number of carboxylic acid groups (broad SMARTS) is 1. The summed E-state index contributed by atoms with van der Waals surface area (Å²) in [5.41, 5.74) is 0.939. The lowest BCUT2D eigenvalue weighted by Crippen LogP contribution is -2.26. The fraction of sp³-hybridized carbons (Fsp3) is 0.632. The van der Waals surface area contributed by atoms with Gasteiger partial charge in [0.1, 0.15) is 11.6 Å². The first-order valence-corrected chi connectivity index (χ1v) is 8.64. The summed E-state index contributed by atoms with van der Waals surface area (Å²) in [5, 5.41) is 8.82. The quantitative estimate of drug-likeness (QED) is 0.768. The van der Waals surface area contributed by atoms with Crippen LogP contribution in [0.5, 0.6) is 5.75 Å². The SMILES string of the molecule is COc1cc(F)cc(COC23CCC(CCCC(=O)O)(CC2)C3)c1. The molecule has 0 saturated heterocycles. The molecule has 132 valence electrons. The monoisotopic (exact) mass is 336 g/mol. The first-order valence-electron chi connectivity index (χ1n) is 8.64. The third-order valence-corrected chi connectivity index (χ3v) is 5.73. The highest BCUT2D eigenvalue weighted by molar-refractivity contribution is 5.66. The summed E-state index contributed by atoms with van der Waals surface area (Å²) < 4.78 is 24.9. The number of rotatable bonds is 8. The Bertz CT molecular complexity index is 605. The molecule has 2 aliphatic carbocycles. The molecule has 5 heteroatoms. The van der Waals surface area contributed by atoms with E-state index in [0.29, 0.717) is 12.4 Å². The Labute approximate surface area is 142 Å². The molecule has 2 bridgehead atoms. The second-order valence-corrected chi connectivity index (χ2v) is 7.40. The Balaban J connectivity index is 1.57. The zero-order valence-electron chi connectivity index (χ0n) is 14.1. The normalized spacial score (nSPS) is 28.2. The molecule has 1 aromatic carbocycles. The van der Waals surface area contributed by atoms with Crippen molar-refractivity contribution in [2.24, 2.45) is 5.41 Å². The number of halogens is 1. The van der Waals surface area contributed by atoms with Gasteiger partial charge in [-0.05, 0) is 68.1 Å². The van der Waals surface area contributed by atoms with Crippen molar-refractivity contribution in [3.05, 3.63) is 29.6 Å². The highest BCUT2D eigenvalue weighted by atomic mass is 19.1. The third-order valence-electron chi connectivity index (χ3n) is 5.73. The van der Waals surface area contributed by atoms with E-state index in [1.54, 1.807) is 0 Å². The minimum Gasteiger partial charge on any atom is -0.497 e. The van der Waals surface area contributed by atoms with Crippen molar-refractivity contribution in [1.29, 1.82) is 0 Å². The Kier molecular flexibility index (Phi) is 4.81. The van der Waals surface area contributed by atoms with Crippen LogP contribution in [0, 0.1) is 11.2 Å². The number of ether oxygens (including phenoxy) is 2. The van der Waals surface area contributed by atoms with Gasteiger partial charge in [-0.3, -0.25) is 4.79 Å². The molecule has 0 radical (unpaired) electrons. The van der Waals surface area contributed by atoms with Gasteiger partial charge in [0, 0.05) is 12.5 Å². The van der Waals surface area contributed by atoms with Gasteiger partial charge in [0.15, 0.2) is 0 Å². The Hall–Kier alpha value is -1.62. The van der Waals surface area contributed by atoms with Crippen molar-refractivity contribution in [1.82, 2.24) is 0 Å². The summed E-state index contributed by atoms with van der Waals surface area (Å²) in [5.74, 6) is -0.525. The summed E-state index contributed by atoms with van der Waals surface area (Å²) in [7, 11) is 1.53. The first-order chi connectivity index (χ1) is 11.4. The first kappa shape index (κ1) is 17.2. The summed E-state index contributed by atoms with van der Waals surface area (Å²) in [6.07, 6.45) is 7.23. The molecule has 1 aromatic rings. The van der Waals surface area contributed by atoms with Crippen molar-refractivity contribution < 1.29 is 23.8 Å². The minimum absolute atomic E-state index is 0.108. The largest absolute Gasteiger partial charge is 0.497 e. The summed E-state index contributed by atoms with van der Waals surface area (Å²) in [6, 6.07) is 4.66. The van der Waals surface area contributed by atoms with Crippen LogP contribution in [0.2, 0.25) is 0 Å². The molecule has 24 heavy (non-hydrogen) atoms. The highest BCUT2D eigenvalue weighted by Crippen LogP contribution is 2.60. The maximum absolute atomic E-state index is 13.6. The van der Waals surface area contributed by atoms with Crippen LogP contribution in [0.3, 0.4) is 0 Å². The van der Waals surface area contributed by atoms with Crippen LogP contribution in [0.1, 0.15) is 56.9 Å². The van der Waals surface area contributed by atoms with Gasteiger partial charge < -0.3 is 14.6 Å². The number of carboxylic acids is 1. The molecule has 0 aliphatic heterocycles. The number of hydrogen-bond donors (Lipinski definition) is 1. The Morgan fingerprint density at radius 1 is 1.25 bits per heavy atom. The van der Waals surface area contributed by atoms with E-state index in [2.05, 4.69) is 0 Å². The van der Waals surface area contributed by atoms with Gasteiger partial charge in [-0.2, -0.15) is 0 Å². The topological polar surface area (TPSA) is 55.8 Å². The molecular weight excluding hydrogens is 311 g/mol. The third kappa shape index (κ3) is 3.72. The second-order valence-electron chi connectivity index (χ2n) is 7.40. The van der Waals surface area contributed by atoms with Crippen molar-refractivity contribution in [2.45, 2.75) is 63.6 Å². The molecule has 2 aliphatic rings. The fourth-order valence-electron chi connectivity index (χ4n) is 4.48. The van der Waals surface area contributed by atoms with Gasteiger partial charge in [-0.1, -0.05) is 0 Å². The average molecular weight is 336 g/mol. The number of hydrogen-bond acceptors (Lipinski definition) is 3. The van der Waals surface area contributed by atoms with E-state index in [1.165, 1.54) is 19.2 Å². The van der Waals surface area contributed by atoms with Crippen molar-refractivity contribution >= 4 is 5.97 Å². The number of fused-ring (bicyclic) bond motifs is 2. The average Bonchev–Trinajstić information content (AvgIpc) is 3.08. The number of methoxy groups -OCH3 is 1. The van der Waals surface area contributed by atoms with Gasteiger partial charge in [-0.15, -0.1) is 0 Å². The van der Waals surface area contributed by atoms with Gasteiger partial charge in [0.2, 0.25) is 0 Å². The Morgan fingerprint density at radius 2 is 2.00 bits per heavy atom. The van der Waals surface area contributed by atoms with E-state index in [4.69, 9.17) is 14.6 Å². The lowest BCUT2D eigenvalue weighted by atomic mass is 9.80. The molecule has 2 fully saturated rings. The zero-order valence-corrected chi connectivity index (χ0v) is 14.1. The lowest BCUT2D eigenvalue weighted by molar-refractivity contribution is -0.137. The lowest BCUT2D eigenvalue weighted by Gasteiger charge is -2.28. The molecule has 0 atom stereocenters. The van der Waals surface area contributed by atoms with Crippen LogP contribution in [0.15, 0.2) is 18.2 Å². The van der Waals surface area contributed by atoms with Crippen LogP contribution < -0.4 is 4.74 Å². The molecular formula is C19H25FO4. The summed E-state index contributed by atoms with van der Waals surface area (Å²) in [6.45, 7) is 0.388. The minimum atomic E-state index is -0.718. The number of benzene rings is 1. The van der Waals surface area contributed by atoms with E-state index in [-0.39, 0.29) is 23.3 Å². The zero-order chi connectivity index (χ0) is 17.2. The molecule has 0 amide bonds. The molecule has 0 aromatic heterocycles. The van der Waals surface area contributed by atoms with Crippen LogP contribution in [-0.2, 0) is 16.1 Å². The smallest absolute Gasteiger partial charge is 0.303 e. The fourth-order valence-corrected chi connectivity index (χ4v) is 4.48. The standard InChI is InChI=1S/C19H25FO4/c1-23-16-10-14(9-15(20)11-16)12-24-19-7-5-18(13-19,6-8-19)4-2-3-17(21)22/h9-11H,2-8,12-13H2,1H3,(H,21,22). The number of aliphatic carboxylic acids is 1. The van der Waals surface area contributed by atoms with E-state index in [9.17, 15) is 9.18 Å². The molecule has 0 heterocycles. The van der Waals surface area contributed by atoms with E-state index >= 15 is 0 Å². The molecule has 2 saturated carbocycles. The van der Waals surface area contributed by atoms with Crippen molar-refractivity contribution in [2.75, 3.05) is 7.11 Å². The van der Waals surface area contributed by atoms with Gasteiger partial charge >= 0.3 is 5.97 Å². The van der Waals surface area contributed by atoms with Crippen LogP contribution >= 0.6 is 0 Å². The molecule has 0 spiro atoms. The van der Waals surface area contributed by atoms with Gasteiger partial charge in [0.05, 0.1) is 19.3 Å². The maximum atomic E-state index is 13.6. The maximum Gasteiger partial charge on any atom is 0.303 e. The Morgan fingerprint density at radius 3 is 2.67 bits per heavy atom. The summed E-state index contributed by atoms with van der Waals surface area (Å²) in [4.78, 5) is 10.7. The van der Waals surface area contributed by atoms with Gasteiger partial charge in [-0.25, -0.2) is 4.39 Å². The van der Waals surface area contributed by atoms with Crippen LogP contribution in [0.25, 0.3) is 0 Å². The van der Waals surface area contributed by atoms with Crippen molar-refractivity contribution in [3.8, 4) is 5.75 Å². The van der Waals surface area contributed by atoms with Crippen LogP contribution in [0.4, 0.5) is 4.39 Å². The second kappa shape index (κ2) is 6.71. The van der Waals surface area contributed by atoms with Crippen LogP contribution in [-0.4, -0.2) is 23.8 Å². The molecule has 3 rings (SSSR count). The predicted molar refractivity (Wildman–Crippen MR) is 87.5 cm³/mol. The van der Waals surface area contributed by atoms with E-state index < -0.39 is 5.97 Å². The van der Waals surface area contributed by atoms with Crippen molar-refractivity contribution in [3.63, 3.8) is 0 Å². The van der Waals surface area contributed by atoms with E-state index in [0.717, 1.165) is 50.5 Å².